The third-order valence-corrected chi connectivity index (χ3v) is 14.1. The van der Waals surface area contributed by atoms with Crippen LogP contribution in [0.25, 0.3) is 0 Å². The van der Waals surface area contributed by atoms with Crippen LogP contribution < -0.4 is 10.6 Å². The second-order valence-corrected chi connectivity index (χ2v) is 17.6. The molecule has 3 N–H and O–H groups in total. The molecule has 2 aliphatic heterocycles. The molecule has 11 nitrogen and oxygen atoms in total. The van der Waals surface area contributed by atoms with Crippen LogP contribution in [0.1, 0.15) is 92.6 Å². The standard InChI is InChI=1S/C42H64N4O7/c1-11-25(6)36(45(9)39(49)35(24(4)5)44-38(48)34(43-8)23(2)3)33(53-10)21-32(47)28-17-18-42-22-31-37(42)46(31,40(50)26(7)19-29(28)42)30(41(51)52)20-27-15-13-12-14-16-27/h12-16,23-26,28-31,33-37,43H,11,17-22H2,1-10H3,(H-,44,48,51,52)/p+1/t25-,26+,28?,29-,30-,31?,33+,34-,35-,36-,37?,42?,46?/m0/s1. The van der Waals surface area contributed by atoms with Crippen LogP contribution in [0.15, 0.2) is 30.3 Å². The van der Waals surface area contributed by atoms with Gasteiger partial charge >= 0.3 is 11.9 Å². The molecule has 1 aromatic carbocycles. The third kappa shape index (κ3) is 6.99. The molecule has 4 aliphatic rings. The van der Waals surface area contributed by atoms with Gasteiger partial charge in [-0.1, -0.05) is 78.3 Å². The smallest absolute Gasteiger partial charge is 0.363 e. The lowest BCUT2D eigenvalue weighted by atomic mass is 9.59. The summed E-state index contributed by atoms with van der Waals surface area (Å²) in [6.45, 7) is 13.8. The van der Waals surface area contributed by atoms with Crippen molar-refractivity contribution in [3.05, 3.63) is 35.9 Å². The van der Waals surface area contributed by atoms with E-state index in [0.717, 1.165) is 24.8 Å². The van der Waals surface area contributed by atoms with Crippen LogP contribution in [0.5, 0.6) is 0 Å². The number of benzene rings is 1. The SMILES string of the molecule is CC[C@H](C)[C@@H]([C@@H](CC(=O)C1CCC23CC4C2[N+]4([C@@H](Cc2ccccc2)C(=O)O)C(=O)[C@H](C)C[C@@H]13)OC)N(C)C(=O)[C@@H](NC(=O)[C@@H](NC)C(C)C)C(C)C. The molecule has 0 radical (unpaired) electrons. The maximum Gasteiger partial charge on any atom is 0.363 e. The number of carboxylic acids is 1. The first-order valence-electron chi connectivity index (χ1n) is 20.0. The van der Waals surface area contributed by atoms with Gasteiger partial charge in [0.2, 0.25) is 11.8 Å². The van der Waals surface area contributed by atoms with Crippen LogP contribution in [0.3, 0.4) is 0 Å². The number of Topliss-reactive ketones (excluding diaryl/α,β-unsaturated/α-hetero) is 1. The minimum atomic E-state index is -0.929. The van der Waals surface area contributed by atoms with Crippen molar-refractivity contribution < 1.29 is 38.3 Å². The van der Waals surface area contributed by atoms with Crippen molar-refractivity contribution >= 4 is 29.5 Å². The van der Waals surface area contributed by atoms with Crippen LogP contribution in [0.4, 0.5) is 0 Å². The summed E-state index contributed by atoms with van der Waals surface area (Å²) in [7, 11) is 5.09. The Hall–Kier alpha value is -3.15. The number of hydrogen-bond acceptors (Lipinski definition) is 7. The molecule has 5 rings (SSSR count). The van der Waals surface area contributed by atoms with Crippen LogP contribution in [0.2, 0.25) is 0 Å². The lowest BCUT2D eigenvalue weighted by Crippen LogP contribution is -2.59. The van der Waals surface area contributed by atoms with E-state index >= 15 is 0 Å². The summed E-state index contributed by atoms with van der Waals surface area (Å²) in [4.78, 5) is 71.0. The summed E-state index contributed by atoms with van der Waals surface area (Å²) in [5, 5.41) is 16.7. The Kier molecular flexibility index (Phi) is 12.3. The molecule has 1 aromatic rings. The van der Waals surface area contributed by atoms with E-state index in [0.29, 0.717) is 19.3 Å². The topological polar surface area (TPSA) is 142 Å². The van der Waals surface area contributed by atoms with E-state index in [2.05, 4.69) is 24.5 Å². The molecule has 5 unspecified atom stereocenters. The summed E-state index contributed by atoms with van der Waals surface area (Å²) in [6.07, 6.45) is 3.54. The molecule has 2 heterocycles. The lowest BCUT2D eigenvalue weighted by Gasteiger charge is -2.41. The number of ketones is 1. The number of ether oxygens (including phenoxy) is 1. The maximum atomic E-state index is 14.5. The highest BCUT2D eigenvalue weighted by Gasteiger charge is 2.92. The fourth-order valence-corrected chi connectivity index (χ4v) is 11.3. The van der Waals surface area contributed by atoms with Gasteiger partial charge in [-0.3, -0.25) is 14.4 Å². The molecule has 2 aliphatic carbocycles. The fourth-order valence-electron chi connectivity index (χ4n) is 11.3. The van der Waals surface area contributed by atoms with Crippen molar-refractivity contribution in [2.24, 2.45) is 40.9 Å². The van der Waals surface area contributed by atoms with Crippen LogP contribution in [0, 0.1) is 40.9 Å². The number of methoxy groups -OCH3 is 1. The molecule has 0 bridgehead atoms. The molecule has 0 aromatic heterocycles. The number of rotatable bonds is 18. The number of fused-ring (bicyclic) bond motifs is 1. The summed E-state index contributed by atoms with van der Waals surface area (Å²) in [5.41, 5.74) is 0.698. The zero-order valence-corrected chi connectivity index (χ0v) is 33.6. The summed E-state index contributed by atoms with van der Waals surface area (Å²) >= 11 is 0. The molecular formula is C42H65N4O7+. The quantitative estimate of drug-likeness (QED) is 0.148. The van der Waals surface area contributed by atoms with Gasteiger partial charge in [-0.2, -0.15) is 0 Å². The highest BCUT2D eigenvalue weighted by molar-refractivity contribution is 5.90. The number of likely N-dealkylation sites (N-methyl/N-ethyl adjacent to an activating group) is 2. The zero-order chi connectivity index (χ0) is 39.2. The fraction of sp³-hybridized carbons (Fsp3) is 0.738. The monoisotopic (exact) mass is 737 g/mol. The molecule has 2 saturated heterocycles. The number of amides is 3. The first-order chi connectivity index (χ1) is 25.0. The largest absolute Gasteiger partial charge is 0.477 e. The number of aliphatic carboxylic acids is 1. The first-order valence-corrected chi connectivity index (χ1v) is 20.0. The van der Waals surface area contributed by atoms with Gasteiger partial charge in [0, 0.05) is 44.8 Å². The molecule has 3 amide bonds. The predicted octanol–water partition coefficient (Wildman–Crippen LogP) is 4.46. The van der Waals surface area contributed by atoms with E-state index < -0.39 is 36.2 Å². The normalized spacial score (nSPS) is 31.9. The van der Waals surface area contributed by atoms with Gasteiger partial charge in [0.25, 0.3) is 0 Å². The van der Waals surface area contributed by atoms with Gasteiger partial charge in [0.15, 0.2) is 18.1 Å². The number of carbonyl (C=O) groups is 5. The predicted molar refractivity (Wildman–Crippen MR) is 202 cm³/mol. The molecule has 1 spiro atoms. The van der Waals surface area contributed by atoms with Crippen molar-refractivity contribution in [1.29, 1.82) is 0 Å². The lowest BCUT2D eigenvalue weighted by molar-refractivity contribution is -0.762. The van der Waals surface area contributed by atoms with Crippen molar-refractivity contribution in [2.45, 2.75) is 136 Å². The number of quaternary nitrogens is 1. The van der Waals surface area contributed by atoms with E-state index in [1.165, 1.54) is 0 Å². The van der Waals surface area contributed by atoms with Gasteiger partial charge in [-0.15, -0.1) is 0 Å². The van der Waals surface area contributed by atoms with Crippen LogP contribution in [-0.2, 0) is 35.1 Å². The van der Waals surface area contributed by atoms with Crippen LogP contribution in [-0.4, -0.2) is 108 Å². The molecule has 2 saturated carbocycles. The van der Waals surface area contributed by atoms with E-state index in [1.807, 2.05) is 65.0 Å². The minimum Gasteiger partial charge on any atom is -0.477 e. The highest BCUT2D eigenvalue weighted by atomic mass is 16.5. The van der Waals surface area contributed by atoms with Gasteiger partial charge in [-0.25, -0.2) is 14.1 Å². The Morgan fingerprint density at radius 1 is 1.06 bits per heavy atom. The molecule has 13 atom stereocenters. The van der Waals surface area contributed by atoms with E-state index in [4.69, 9.17) is 4.74 Å². The molecule has 53 heavy (non-hydrogen) atoms. The Labute approximate surface area is 316 Å². The molecule has 4 fully saturated rings. The van der Waals surface area contributed by atoms with Gasteiger partial charge in [0.1, 0.15) is 11.8 Å². The van der Waals surface area contributed by atoms with Gasteiger partial charge in [-0.05, 0) is 62.5 Å². The van der Waals surface area contributed by atoms with Crippen molar-refractivity contribution in [3.63, 3.8) is 0 Å². The summed E-state index contributed by atoms with van der Waals surface area (Å²) in [6, 6.07) is 7.10. The Bertz CT molecular complexity index is 1530. The number of nitrogens with zero attached hydrogens (tertiary/aromatic N) is 2. The number of carboxylic acid groups (broad SMARTS) is 1. The molecular weight excluding hydrogens is 672 g/mol. The summed E-state index contributed by atoms with van der Waals surface area (Å²) in [5.74, 6) is -1.97. The van der Waals surface area contributed by atoms with E-state index in [9.17, 15) is 29.1 Å². The highest BCUT2D eigenvalue weighted by Crippen LogP contribution is 2.76. The third-order valence-electron chi connectivity index (χ3n) is 14.1. The first kappa shape index (κ1) is 41.0. The second kappa shape index (κ2) is 15.9. The van der Waals surface area contributed by atoms with Gasteiger partial charge < -0.3 is 25.4 Å². The molecule has 11 heteroatoms. The number of hydrogen-bond donors (Lipinski definition) is 3. The Balaban J connectivity index is 1.36. The Morgan fingerprint density at radius 2 is 1.70 bits per heavy atom. The maximum absolute atomic E-state index is 14.5. The summed E-state index contributed by atoms with van der Waals surface area (Å²) < 4.78 is 6.14. The van der Waals surface area contributed by atoms with Crippen molar-refractivity contribution in [1.82, 2.24) is 15.5 Å². The van der Waals surface area contributed by atoms with Crippen molar-refractivity contribution in [2.75, 3.05) is 21.2 Å². The minimum absolute atomic E-state index is 0.00407. The van der Waals surface area contributed by atoms with Crippen molar-refractivity contribution in [3.8, 4) is 0 Å². The average Bonchev–Trinajstić information content (AvgIpc) is 3.50. The Morgan fingerprint density at radius 3 is 2.25 bits per heavy atom. The number of nitrogens with one attached hydrogen (secondary N) is 2. The number of carbonyl (C=O) groups excluding carboxylic acids is 4. The van der Waals surface area contributed by atoms with Crippen LogP contribution >= 0.6 is 0 Å². The van der Waals surface area contributed by atoms with Gasteiger partial charge in [0.05, 0.1) is 24.1 Å². The second-order valence-electron chi connectivity index (χ2n) is 17.6. The average molecular weight is 738 g/mol. The zero-order valence-electron chi connectivity index (χ0n) is 33.6. The van der Waals surface area contributed by atoms with E-state index in [-0.39, 0.29) is 87.4 Å². The van der Waals surface area contributed by atoms with E-state index in [1.54, 1.807) is 26.1 Å². The molecule has 294 valence electrons.